The zero-order valence-electron chi connectivity index (χ0n) is 7.32. The van der Waals surface area contributed by atoms with Crippen molar-refractivity contribution in [1.82, 2.24) is 0 Å². The van der Waals surface area contributed by atoms with E-state index < -0.39 is 12.2 Å². The molecule has 0 aromatic rings. The monoisotopic (exact) mass is 174 g/mol. The maximum Gasteiger partial charge on any atom is 0.103 e. The summed E-state index contributed by atoms with van der Waals surface area (Å²) < 4.78 is 0. The fraction of sp³-hybridized carbons (Fsp3) is 1.00. The third kappa shape index (κ3) is 2.44. The molecule has 2 atom stereocenters. The van der Waals surface area contributed by atoms with Gasteiger partial charge in [-0.05, 0) is 18.8 Å². The normalized spacial score (nSPS) is 25.2. The molecule has 3 N–H and O–H groups in total. The van der Waals surface area contributed by atoms with Gasteiger partial charge in [-0.15, -0.1) is 0 Å². The van der Waals surface area contributed by atoms with Gasteiger partial charge in [0.2, 0.25) is 0 Å². The van der Waals surface area contributed by atoms with E-state index >= 15 is 0 Å². The van der Waals surface area contributed by atoms with E-state index in [-0.39, 0.29) is 12.5 Å². The Morgan fingerprint density at radius 2 is 1.67 bits per heavy atom. The first-order chi connectivity index (χ1) is 5.75. The van der Waals surface area contributed by atoms with Crippen LogP contribution in [0.5, 0.6) is 0 Å². The first kappa shape index (κ1) is 9.96. The molecule has 0 aromatic carbocycles. The molecule has 1 fully saturated rings. The molecule has 0 radical (unpaired) electrons. The second kappa shape index (κ2) is 4.80. The van der Waals surface area contributed by atoms with Crippen molar-refractivity contribution in [1.29, 1.82) is 0 Å². The molecule has 1 rings (SSSR count). The summed E-state index contributed by atoms with van der Waals surface area (Å²) in [4.78, 5) is 0. The van der Waals surface area contributed by atoms with E-state index in [0.29, 0.717) is 0 Å². The van der Waals surface area contributed by atoms with Gasteiger partial charge in [0, 0.05) is 0 Å². The molecule has 2 unspecified atom stereocenters. The van der Waals surface area contributed by atoms with Crippen LogP contribution in [0.1, 0.15) is 32.1 Å². The van der Waals surface area contributed by atoms with E-state index in [9.17, 15) is 10.2 Å². The van der Waals surface area contributed by atoms with E-state index in [1.807, 2.05) is 0 Å². The van der Waals surface area contributed by atoms with E-state index in [4.69, 9.17) is 5.11 Å². The summed E-state index contributed by atoms with van der Waals surface area (Å²) in [5.41, 5.74) is 0. The summed E-state index contributed by atoms with van der Waals surface area (Å²) in [6.45, 7) is -0.336. The molecule has 0 bridgehead atoms. The molecular weight excluding hydrogens is 156 g/mol. The quantitative estimate of drug-likeness (QED) is 0.576. The summed E-state index contributed by atoms with van der Waals surface area (Å²) in [5.74, 6) is 0.195. The van der Waals surface area contributed by atoms with E-state index in [2.05, 4.69) is 0 Å². The Morgan fingerprint density at radius 1 is 1.08 bits per heavy atom. The van der Waals surface area contributed by atoms with Crippen LogP contribution in [0, 0.1) is 5.92 Å². The smallest absolute Gasteiger partial charge is 0.103 e. The molecule has 0 amide bonds. The Morgan fingerprint density at radius 3 is 2.17 bits per heavy atom. The summed E-state index contributed by atoms with van der Waals surface area (Å²) in [6.07, 6.45) is 3.80. The molecule has 3 heteroatoms. The molecule has 3 nitrogen and oxygen atoms in total. The fourth-order valence-corrected chi connectivity index (χ4v) is 1.90. The van der Waals surface area contributed by atoms with Crippen molar-refractivity contribution in [3.63, 3.8) is 0 Å². The zero-order chi connectivity index (χ0) is 8.97. The van der Waals surface area contributed by atoms with Crippen molar-refractivity contribution in [2.75, 3.05) is 6.61 Å². The third-order valence-corrected chi connectivity index (χ3v) is 2.71. The van der Waals surface area contributed by atoms with Gasteiger partial charge < -0.3 is 15.3 Å². The van der Waals surface area contributed by atoms with Gasteiger partial charge in [-0.3, -0.25) is 0 Å². The minimum atomic E-state index is -0.951. The second-order valence-corrected chi connectivity index (χ2v) is 3.64. The molecule has 1 aliphatic rings. The molecule has 1 saturated carbocycles. The number of hydrogen-bond acceptors (Lipinski definition) is 3. The molecule has 12 heavy (non-hydrogen) atoms. The van der Waals surface area contributed by atoms with E-state index in [0.717, 1.165) is 25.7 Å². The topological polar surface area (TPSA) is 60.7 Å². The van der Waals surface area contributed by atoms with E-state index in [1.165, 1.54) is 6.42 Å². The van der Waals surface area contributed by atoms with Crippen molar-refractivity contribution >= 4 is 0 Å². The van der Waals surface area contributed by atoms with Crippen LogP contribution in [-0.2, 0) is 0 Å². The standard InChI is InChI=1S/C9H18O3/c10-6-8(11)9(12)7-4-2-1-3-5-7/h7-12H,1-6H2. The predicted molar refractivity (Wildman–Crippen MR) is 45.7 cm³/mol. The lowest BCUT2D eigenvalue weighted by molar-refractivity contribution is -0.0505. The van der Waals surface area contributed by atoms with Crippen LogP contribution in [0.2, 0.25) is 0 Å². The van der Waals surface area contributed by atoms with E-state index in [1.54, 1.807) is 0 Å². The number of hydrogen-bond donors (Lipinski definition) is 3. The van der Waals surface area contributed by atoms with Gasteiger partial charge in [0.05, 0.1) is 12.7 Å². The van der Waals surface area contributed by atoms with Gasteiger partial charge >= 0.3 is 0 Å². The first-order valence-corrected chi connectivity index (χ1v) is 4.72. The van der Waals surface area contributed by atoms with Crippen LogP contribution < -0.4 is 0 Å². The lowest BCUT2D eigenvalue weighted by Gasteiger charge is -2.28. The minimum absolute atomic E-state index is 0.195. The summed E-state index contributed by atoms with van der Waals surface area (Å²) in [6, 6.07) is 0. The number of rotatable bonds is 3. The Kier molecular flexibility index (Phi) is 3.98. The third-order valence-electron chi connectivity index (χ3n) is 2.71. The van der Waals surface area contributed by atoms with Crippen LogP contribution in [0.4, 0.5) is 0 Å². The van der Waals surface area contributed by atoms with Crippen molar-refractivity contribution in [2.24, 2.45) is 5.92 Å². The Balaban J connectivity index is 2.33. The van der Waals surface area contributed by atoms with Gasteiger partial charge in [-0.2, -0.15) is 0 Å². The maximum absolute atomic E-state index is 9.53. The molecular formula is C9H18O3. The maximum atomic E-state index is 9.53. The van der Waals surface area contributed by atoms with Crippen LogP contribution >= 0.6 is 0 Å². The van der Waals surface area contributed by atoms with Crippen LogP contribution in [0.15, 0.2) is 0 Å². The molecule has 0 saturated heterocycles. The average Bonchev–Trinajstić information content (AvgIpc) is 2.17. The number of aliphatic hydroxyl groups is 3. The summed E-state index contributed by atoms with van der Waals surface area (Å²) >= 11 is 0. The van der Waals surface area contributed by atoms with Crippen LogP contribution in [0.3, 0.4) is 0 Å². The second-order valence-electron chi connectivity index (χ2n) is 3.64. The highest BCUT2D eigenvalue weighted by molar-refractivity contribution is 4.77. The van der Waals surface area contributed by atoms with Gasteiger partial charge in [0.1, 0.15) is 6.10 Å². The lowest BCUT2D eigenvalue weighted by atomic mass is 9.83. The highest BCUT2D eigenvalue weighted by Gasteiger charge is 2.26. The summed E-state index contributed by atoms with van der Waals surface area (Å²) in [5, 5.41) is 27.3. The predicted octanol–water partition coefficient (Wildman–Crippen LogP) is 0.281. The van der Waals surface area contributed by atoms with Crippen LogP contribution in [-0.4, -0.2) is 34.1 Å². The molecule has 0 aliphatic heterocycles. The van der Waals surface area contributed by atoms with Gasteiger partial charge in [0.25, 0.3) is 0 Å². The highest BCUT2D eigenvalue weighted by Crippen LogP contribution is 2.27. The van der Waals surface area contributed by atoms with Crippen molar-refractivity contribution in [3.8, 4) is 0 Å². The van der Waals surface area contributed by atoms with Crippen molar-refractivity contribution < 1.29 is 15.3 Å². The Labute approximate surface area is 73.0 Å². The highest BCUT2D eigenvalue weighted by atomic mass is 16.4. The fourth-order valence-electron chi connectivity index (χ4n) is 1.90. The molecule has 0 aromatic heterocycles. The Hall–Kier alpha value is -0.120. The molecule has 0 heterocycles. The SMILES string of the molecule is OCC(O)C(O)C1CCCCC1. The number of aliphatic hydroxyl groups excluding tert-OH is 3. The van der Waals surface area contributed by atoms with Crippen LogP contribution in [0.25, 0.3) is 0 Å². The van der Waals surface area contributed by atoms with Crippen molar-refractivity contribution in [3.05, 3.63) is 0 Å². The lowest BCUT2D eigenvalue weighted by Crippen LogP contribution is -2.36. The Bertz CT molecular complexity index is 121. The van der Waals surface area contributed by atoms with Gasteiger partial charge in [0.15, 0.2) is 0 Å². The average molecular weight is 174 g/mol. The zero-order valence-corrected chi connectivity index (χ0v) is 7.32. The molecule has 1 aliphatic carbocycles. The molecule has 0 spiro atoms. The van der Waals surface area contributed by atoms with Crippen molar-refractivity contribution in [2.45, 2.75) is 44.3 Å². The molecule has 72 valence electrons. The first-order valence-electron chi connectivity index (χ1n) is 4.72. The summed E-state index contributed by atoms with van der Waals surface area (Å²) in [7, 11) is 0. The van der Waals surface area contributed by atoms with Gasteiger partial charge in [-0.25, -0.2) is 0 Å². The van der Waals surface area contributed by atoms with Gasteiger partial charge in [-0.1, -0.05) is 19.3 Å². The largest absolute Gasteiger partial charge is 0.394 e. The minimum Gasteiger partial charge on any atom is -0.394 e.